The van der Waals surface area contributed by atoms with Crippen molar-refractivity contribution in [1.29, 1.82) is 0 Å². The average molecular weight is 250 g/mol. The highest BCUT2D eigenvalue weighted by Crippen LogP contribution is 2.50. The topological polar surface area (TPSA) is 0 Å². The predicted octanol–water partition coefficient (Wildman–Crippen LogP) is 3.25. The van der Waals surface area contributed by atoms with Gasteiger partial charge in [0.2, 0.25) is 0 Å². The number of hydrogen-bond acceptors (Lipinski definition) is 0. The summed E-state index contributed by atoms with van der Waals surface area (Å²) in [6.07, 6.45) is 6.21. The zero-order valence-electron chi connectivity index (χ0n) is 6.52. The fourth-order valence-electron chi connectivity index (χ4n) is 2.86. The molecule has 0 aliphatic heterocycles. The number of halogens is 1. The van der Waals surface area contributed by atoms with E-state index in [9.17, 15) is 0 Å². The first-order chi connectivity index (χ1) is 4.77. The lowest BCUT2D eigenvalue weighted by Gasteiger charge is -2.23. The molecule has 0 heterocycles. The van der Waals surface area contributed by atoms with E-state index >= 15 is 0 Å². The summed E-state index contributed by atoms with van der Waals surface area (Å²) < 4.78 is 0.924. The first-order valence-electron chi connectivity index (χ1n) is 4.41. The molecule has 58 valence electrons. The molecule has 2 aliphatic rings. The normalized spacial score (nSPS) is 48.0. The fraction of sp³-hybridized carbons (Fsp3) is 1.00. The molecule has 0 nitrogen and oxygen atoms in total. The molecular formula is C9H15I. The van der Waals surface area contributed by atoms with Gasteiger partial charge in [-0.1, -0.05) is 35.9 Å². The van der Waals surface area contributed by atoms with Crippen molar-refractivity contribution in [2.45, 2.75) is 36.5 Å². The Kier molecular flexibility index (Phi) is 1.96. The molecular weight excluding hydrogens is 235 g/mol. The van der Waals surface area contributed by atoms with E-state index in [1.165, 1.54) is 0 Å². The van der Waals surface area contributed by atoms with Crippen molar-refractivity contribution in [3.05, 3.63) is 0 Å². The van der Waals surface area contributed by atoms with Crippen LogP contribution in [0.5, 0.6) is 0 Å². The lowest BCUT2D eigenvalue weighted by molar-refractivity contribution is 0.338. The molecule has 0 aromatic rings. The van der Waals surface area contributed by atoms with E-state index in [0.29, 0.717) is 0 Å². The van der Waals surface area contributed by atoms with Crippen molar-refractivity contribution >= 4 is 22.6 Å². The van der Waals surface area contributed by atoms with E-state index in [1.54, 1.807) is 25.7 Å². The van der Waals surface area contributed by atoms with Gasteiger partial charge in [0, 0.05) is 3.92 Å². The summed E-state index contributed by atoms with van der Waals surface area (Å²) in [5.74, 6) is 3.34. The Labute approximate surface area is 76.9 Å². The second kappa shape index (κ2) is 2.65. The summed E-state index contributed by atoms with van der Waals surface area (Å²) in [5, 5.41) is 0. The lowest BCUT2D eigenvalue weighted by Crippen LogP contribution is -2.17. The first kappa shape index (κ1) is 7.38. The van der Waals surface area contributed by atoms with E-state index in [2.05, 4.69) is 29.5 Å². The van der Waals surface area contributed by atoms with Gasteiger partial charge in [-0.25, -0.2) is 0 Å². The lowest BCUT2D eigenvalue weighted by atomic mass is 9.87. The zero-order valence-corrected chi connectivity index (χ0v) is 8.67. The molecule has 2 bridgehead atoms. The molecule has 2 saturated carbocycles. The Morgan fingerprint density at radius 1 is 1.30 bits per heavy atom. The summed E-state index contributed by atoms with van der Waals surface area (Å²) >= 11 is 2.60. The van der Waals surface area contributed by atoms with Gasteiger partial charge >= 0.3 is 0 Å². The van der Waals surface area contributed by atoms with Crippen molar-refractivity contribution in [3.8, 4) is 0 Å². The van der Waals surface area contributed by atoms with Crippen LogP contribution in [-0.4, -0.2) is 3.92 Å². The largest absolute Gasteiger partial charge is 0.0826 e. The van der Waals surface area contributed by atoms with Crippen molar-refractivity contribution in [2.75, 3.05) is 0 Å². The van der Waals surface area contributed by atoms with Crippen molar-refractivity contribution in [1.82, 2.24) is 0 Å². The fourth-order valence-corrected chi connectivity index (χ4v) is 3.74. The van der Waals surface area contributed by atoms with E-state index < -0.39 is 0 Å². The van der Waals surface area contributed by atoms with Gasteiger partial charge in [-0.3, -0.25) is 0 Å². The van der Waals surface area contributed by atoms with E-state index in [0.717, 1.165) is 21.7 Å². The molecule has 1 heteroatoms. The Morgan fingerprint density at radius 2 is 2.10 bits per heavy atom. The summed E-state index contributed by atoms with van der Waals surface area (Å²) in [6, 6.07) is 0. The van der Waals surface area contributed by atoms with Crippen LogP contribution in [0.25, 0.3) is 0 Å². The van der Waals surface area contributed by atoms with Gasteiger partial charge in [0.25, 0.3) is 0 Å². The second-order valence-corrected chi connectivity index (χ2v) is 5.98. The van der Waals surface area contributed by atoms with Crippen LogP contribution in [0.3, 0.4) is 0 Å². The van der Waals surface area contributed by atoms with E-state index in [1.807, 2.05) is 0 Å². The molecule has 10 heavy (non-hydrogen) atoms. The monoisotopic (exact) mass is 250 g/mol. The molecule has 2 rings (SSSR count). The van der Waals surface area contributed by atoms with Crippen molar-refractivity contribution in [3.63, 3.8) is 0 Å². The summed E-state index contributed by atoms with van der Waals surface area (Å²) in [4.78, 5) is 0. The minimum absolute atomic E-state index is 0.924. The van der Waals surface area contributed by atoms with Crippen LogP contribution in [-0.2, 0) is 0 Å². The zero-order chi connectivity index (χ0) is 7.14. The maximum atomic E-state index is 2.60. The summed E-state index contributed by atoms with van der Waals surface area (Å²) in [7, 11) is 0. The third kappa shape index (κ3) is 1.10. The molecule has 0 spiro atoms. The summed E-state index contributed by atoms with van der Waals surface area (Å²) in [6.45, 7) is 2.38. The Morgan fingerprint density at radius 3 is 2.40 bits per heavy atom. The van der Waals surface area contributed by atoms with Crippen LogP contribution < -0.4 is 0 Å². The molecule has 0 N–H and O–H groups in total. The van der Waals surface area contributed by atoms with Crippen LogP contribution in [0.4, 0.5) is 0 Å². The van der Waals surface area contributed by atoms with Crippen molar-refractivity contribution in [2.24, 2.45) is 17.8 Å². The molecule has 0 aromatic heterocycles. The van der Waals surface area contributed by atoms with Gasteiger partial charge in [-0.05, 0) is 37.0 Å². The van der Waals surface area contributed by atoms with E-state index in [4.69, 9.17) is 0 Å². The first-order valence-corrected chi connectivity index (χ1v) is 5.66. The quantitative estimate of drug-likeness (QED) is 0.495. The molecule has 4 unspecified atom stereocenters. The van der Waals surface area contributed by atoms with E-state index in [-0.39, 0.29) is 0 Å². The number of hydrogen-bond donors (Lipinski definition) is 0. The number of rotatable bonds is 1. The average Bonchev–Trinajstić information content (AvgIpc) is 2.44. The predicted molar refractivity (Wildman–Crippen MR) is 52.4 cm³/mol. The highest BCUT2D eigenvalue weighted by molar-refractivity contribution is 14.1. The van der Waals surface area contributed by atoms with Crippen molar-refractivity contribution < 1.29 is 0 Å². The molecule has 4 atom stereocenters. The van der Waals surface area contributed by atoms with Crippen LogP contribution in [0, 0.1) is 17.8 Å². The third-order valence-electron chi connectivity index (χ3n) is 3.38. The molecule has 0 aromatic carbocycles. The smallest absolute Gasteiger partial charge is 0.0112 e. The minimum Gasteiger partial charge on any atom is -0.0826 e. The Balaban J connectivity index is 2.02. The minimum atomic E-state index is 0.924. The number of alkyl halides is 1. The van der Waals surface area contributed by atoms with Crippen LogP contribution in [0.2, 0.25) is 0 Å². The highest BCUT2D eigenvalue weighted by atomic mass is 127. The van der Waals surface area contributed by atoms with Gasteiger partial charge < -0.3 is 0 Å². The standard InChI is InChI=1S/C9H15I/c1-6(10)9-5-7-2-3-8(9)4-7/h6-9H,2-5H2,1H3. The maximum Gasteiger partial charge on any atom is 0.0112 e. The maximum absolute atomic E-state index is 2.60. The van der Waals surface area contributed by atoms with Crippen LogP contribution >= 0.6 is 22.6 Å². The molecule has 0 radical (unpaired) electrons. The molecule has 0 saturated heterocycles. The molecule has 2 fully saturated rings. The van der Waals surface area contributed by atoms with Gasteiger partial charge in [0.15, 0.2) is 0 Å². The molecule has 2 aliphatic carbocycles. The van der Waals surface area contributed by atoms with Gasteiger partial charge in [-0.2, -0.15) is 0 Å². The number of fused-ring (bicyclic) bond motifs is 2. The van der Waals surface area contributed by atoms with Crippen LogP contribution in [0.15, 0.2) is 0 Å². The molecule has 0 amide bonds. The SMILES string of the molecule is CC(I)C1CC2CCC1C2. The third-order valence-corrected chi connectivity index (χ3v) is 4.31. The summed E-state index contributed by atoms with van der Waals surface area (Å²) in [5.41, 5.74) is 0. The van der Waals surface area contributed by atoms with Gasteiger partial charge in [0.05, 0.1) is 0 Å². The Hall–Kier alpha value is 0.730. The second-order valence-electron chi connectivity index (χ2n) is 4.02. The van der Waals surface area contributed by atoms with Gasteiger partial charge in [-0.15, -0.1) is 0 Å². The van der Waals surface area contributed by atoms with Crippen LogP contribution in [0.1, 0.15) is 32.6 Å². The highest BCUT2D eigenvalue weighted by Gasteiger charge is 2.40. The Bertz CT molecular complexity index is 131. The van der Waals surface area contributed by atoms with Gasteiger partial charge in [0.1, 0.15) is 0 Å².